The molecule has 0 radical (unpaired) electrons. The second kappa shape index (κ2) is 8.98. The van der Waals surface area contributed by atoms with Crippen LogP contribution in [0.15, 0.2) is 68.5 Å². The molecule has 0 nitrogen and oxygen atoms in total. The predicted molar refractivity (Wildman–Crippen MR) is 131 cm³/mol. The molecule has 0 bridgehead atoms. The van der Waals surface area contributed by atoms with Crippen molar-refractivity contribution in [3.8, 4) is 11.1 Å². The SMILES string of the molecule is CC(C)C1=[C]([Zr][CH]2c3ccccc3-c3ccccc32)C(C(C)C)C(C(C)C)=C1C(C)C. The third kappa shape index (κ3) is 3.90. The van der Waals surface area contributed by atoms with E-state index < -0.39 is 23.2 Å². The first-order chi connectivity index (χ1) is 14.7. The van der Waals surface area contributed by atoms with E-state index in [0.29, 0.717) is 33.2 Å². The molecule has 1 heteroatoms. The molecule has 0 amide bonds. The first kappa shape index (κ1) is 23.0. The zero-order chi connectivity index (χ0) is 22.4. The van der Waals surface area contributed by atoms with E-state index >= 15 is 0 Å². The summed E-state index contributed by atoms with van der Waals surface area (Å²) in [5.41, 5.74) is 11.4. The molecule has 2 aliphatic rings. The van der Waals surface area contributed by atoms with Crippen molar-refractivity contribution < 1.29 is 23.2 Å². The van der Waals surface area contributed by atoms with Crippen molar-refractivity contribution in [2.75, 3.05) is 0 Å². The Labute approximate surface area is 201 Å². The van der Waals surface area contributed by atoms with Crippen LogP contribution < -0.4 is 0 Å². The summed E-state index contributed by atoms with van der Waals surface area (Å²) in [4.78, 5) is 0. The number of hydrogen-bond acceptors (Lipinski definition) is 0. The summed E-state index contributed by atoms with van der Waals surface area (Å²) in [7, 11) is 0. The molecule has 0 spiro atoms. The van der Waals surface area contributed by atoms with Crippen molar-refractivity contribution in [3.05, 3.63) is 79.7 Å². The Morgan fingerprint density at radius 2 is 1.10 bits per heavy atom. The molecule has 4 rings (SSSR count). The molecule has 0 saturated heterocycles. The molecular formula is C30H38Zr. The quantitative estimate of drug-likeness (QED) is 0.381. The molecule has 0 fully saturated rings. The number of benzene rings is 2. The van der Waals surface area contributed by atoms with Gasteiger partial charge in [0.15, 0.2) is 0 Å². The first-order valence-corrected chi connectivity index (χ1v) is 14.8. The molecule has 2 aromatic rings. The van der Waals surface area contributed by atoms with E-state index in [-0.39, 0.29) is 0 Å². The van der Waals surface area contributed by atoms with E-state index in [1.165, 1.54) is 11.1 Å². The molecule has 0 aliphatic heterocycles. The van der Waals surface area contributed by atoms with Gasteiger partial charge >= 0.3 is 203 Å². The molecule has 2 aliphatic carbocycles. The fourth-order valence-corrected chi connectivity index (χ4v) is 11.9. The number of hydrogen-bond donors (Lipinski definition) is 0. The summed E-state index contributed by atoms with van der Waals surface area (Å²) in [6.45, 7) is 19.5. The Kier molecular flexibility index (Phi) is 6.65. The summed E-state index contributed by atoms with van der Waals surface area (Å²) in [6, 6.07) is 18.4. The van der Waals surface area contributed by atoms with Gasteiger partial charge in [0.05, 0.1) is 0 Å². The third-order valence-corrected chi connectivity index (χ3v) is 11.5. The zero-order valence-corrected chi connectivity index (χ0v) is 23.0. The Hall–Kier alpha value is -1.20. The Balaban J connectivity index is 1.89. The molecule has 0 N–H and O–H groups in total. The summed E-state index contributed by atoms with van der Waals surface area (Å²) < 4.78 is 2.54. The summed E-state index contributed by atoms with van der Waals surface area (Å²) >= 11 is -0.898. The van der Waals surface area contributed by atoms with Crippen LogP contribution in [-0.4, -0.2) is 0 Å². The molecule has 0 aromatic heterocycles. The number of fused-ring (bicyclic) bond motifs is 3. The molecule has 1 atom stereocenters. The Bertz CT molecular complexity index is 986. The van der Waals surface area contributed by atoms with Gasteiger partial charge in [-0.3, -0.25) is 0 Å². The van der Waals surface area contributed by atoms with Crippen LogP contribution in [0.5, 0.6) is 0 Å². The van der Waals surface area contributed by atoms with Gasteiger partial charge in [-0.05, 0) is 0 Å². The molecule has 1 unspecified atom stereocenters. The van der Waals surface area contributed by atoms with Gasteiger partial charge in [0.25, 0.3) is 0 Å². The van der Waals surface area contributed by atoms with Gasteiger partial charge < -0.3 is 0 Å². The topological polar surface area (TPSA) is 0 Å². The van der Waals surface area contributed by atoms with E-state index in [9.17, 15) is 0 Å². The molecular weight excluding hydrogens is 452 g/mol. The van der Waals surface area contributed by atoms with Gasteiger partial charge in [-0.1, -0.05) is 0 Å². The fraction of sp³-hybridized carbons (Fsp3) is 0.467. The average molecular weight is 490 g/mol. The van der Waals surface area contributed by atoms with E-state index in [4.69, 9.17) is 0 Å². The second-order valence-corrected chi connectivity index (χ2v) is 14.1. The van der Waals surface area contributed by atoms with Gasteiger partial charge in [0.1, 0.15) is 0 Å². The van der Waals surface area contributed by atoms with Crippen molar-refractivity contribution in [2.45, 2.75) is 59.0 Å². The van der Waals surface area contributed by atoms with Crippen molar-refractivity contribution in [1.82, 2.24) is 0 Å². The third-order valence-electron chi connectivity index (χ3n) is 7.11. The fourth-order valence-electron chi connectivity index (χ4n) is 6.05. The van der Waals surface area contributed by atoms with Crippen molar-refractivity contribution in [2.24, 2.45) is 29.6 Å². The molecule has 0 saturated carbocycles. The van der Waals surface area contributed by atoms with Crippen LogP contribution in [0.25, 0.3) is 11.1 Å². The van der Waals surface area contributed by atoms with E-state index in [1.807, 2.05) is 3.28 Å². The molecule has 0 heterocycles. The monoisotopic (exact) mass is 488 g/mol. The summed E-state index contributed by atoms with van der Waals surface area (Å²) in [5, 5.41) is 0. The molecule has 31 heavy (non-hydrogen) atoms. The van der Waals surface area contributed by atoms with Crippen LogP contribution in [0.3, 0.4) is 0 Å². The van der Waals surface area contributed by atoms with Crippen molar-refractivity contribution in [3.63, 3.8) is 0 Å². The van der Waals surface area contributed by atoms with Gasteiger partial charge in [-0.25, -0.2) is 0 Å². The van der Waals surface area contributed by atoms with E-state index in [0.717, 1.165) is 0 Å². The predicted octanol–water partition coefficient (Wildman–Crippen LogP) is 8.64. The van der Waals surface area contributed by atoms with Gasteiger partial charge in [0, 0.05) is 0 Å². The Morgan fingerprint density at radius 3 is 1.52 bits per heavy atom. The maximum absolute atomic E-state index is 2.46. The zero-order valence-electron chi connectivity index (χ0n) is 20.6. The van der Waals surface area contributed by atoms with Gasteiger partial charge in [0.2, 0.25) is 0 Å². The van der Waals surface area contributed by atoms with Crippen molar-refractivity contribution in [1.29, 1.82) is 0 Å². The minimum absolute atomic E-state index is 0.607. The minimum atomic E-state index is -0.898. The van der Waals surface area contributed by atoms with E-state index in [2.05, 4.69) is 104 Å². The standard InChI is InChI=1S/C17H29.C13H9.Zr/c1-10(2)14-9-15(11(3)4)17(13(7)8)16(14)12(5)6;1-3-7-12-10(5-1)9-11-6-2-4-8-13(11)12;/h10-14H,1-8H3;1-9H;. The first-order valence-electron chi connectivity index (χ1n) is 12.2. The van der Waals surface area contributed by atoms with Crippen LogP contribution in [0, 0.1) is 29.6 Å². The number of allylic oxidation sites excluding steroid dienone is 4. The maximum atomic E-state index is 2.46. The van der Waals surface area contributed by atoms with Gasteiger partial charge in [-0.2, -0.15) is 0 Å². The Morgan fingerprint density at radius 1 is 0.613 bits per heavy atom. The molecule has 2 aromatic carbocycles. The van der Waals surface area contributed by atoms with Crippen LogP contribution in [-0.2, 0) is 23.2 Å². The van der Waals surface area contributed by atoms with Gasteiger partial charge in [-0.15, -0.1) is 0 Å². The number of rotatable bonds is 6. The van der Waals surface area contributed by atoms with E-state index in [1.54, 1.807) is 27.8 Å². The van der Waals surface area contributed by atoms with Crippen LogP contribution in [0.2, 0.25) is 0 Å². The average Bonchev–Trinajstić information content (AvgIpc) is 3.23. The summed E-state index contributed by atoms with van der Waals surface area (Å²) in [6.07, 6.45) is 0. The molecule has 162 valence electrons. The van der Waals surface area contributed by atoms with Crippen LogP contribution in [0.1, 0.15) is 70.1 Å². The second-order valence-electron chi connectivity index (χ2n) is 10.6. The van der Waals surface area contributed by atoms with Crippen LogP contribution >= 0.6 is 0 Å². The van der Waals surface area contributed by atoms with Crippen LogP contribution in [0.4, 0.5) is 0 Å². The summed E-state index contributed by atoms with van der Waals surface area (Å²) in [5.74, 6) is 3.17. The normalized spacial score (nSPS) is 18.8. The van der Waals surface area contributed by atoms with Crippen molar-refractivity contribution >= 4 is 0 Å².